The first kappa shape index (κ1) is 12.9. The molecule has 1 heterocycles. The summed E-state index contributed by atoms with van der Waals surface area (Å²) < 4.78 is 5.41. The zero-order chi connectivity index (χ0) is 13.2. The van der Waals surface area contributed by atoms with Crippen molar-refractivity contribution < 1.29 is 14.6 Å². The van der Waals surface area contributed by atoms with Crippen molar-refractivity contribution in [2.24, 2.45) is 0 Å². The Balaban J connectivity index is 1.78. The molecule has 1 amide bonds. The minimum absolute atomic E-state index is 0.0306. The highest BCUT2D eigenvalue weighted by molar-refractivity contribution is 5.79. The van der Waals surface area contributed by atoms with E-state index in [1.165, 1.54) is 0 Å². The minimum Gasteiger partial charge on any atom is -0.484 e. The maximum absolute atomic E-state index is 11.8. The van der Waals surface area contributed by atoms with Gasteiger partial charge in [-0.25, -0.2) is 0 Å². The first-order valence-corrected chi connectivity index (χ1v) is 6.22. The predicted octanol–water partition coefficient (Wildman–Crippen LogP) is 1.36. The van der Waals surface area contributed by atoms with E-state index in [9.17, 15) is 9.90 Å². The van der Waals surface area contributed by atoms with Crippen LogP contribution in [-0.4, -0.2) is 41.2 Å². The average molecular weight is 249 g/mol. The van der Waals surface area contributed by atoms with Crippen molar-refractivity contribution in [3.63, 3.8) is 0 Å². The van der Waals surface area contributed by atoms with Crippen molar-refractivity contribution in [3.05, 3.63) is 29.8 Å². The van der Waals surface area contributed by atoms with Gasteiger partial charge in [0.05, 0.1) is 18.7 Å². The monoisotopic (exact) mass is 249 g/mol. The lowest BCUT2D eigenvalue weighted by Gasteiger charge is -2.45. The molecule has 0 radical (unpaired) electrons. The summed E-state index contributed by atoms with van der Waals surface area (Å²) in [6, 6.07) is 7.58. The Morgan fingerprint density at radius 3 is 2.56 bits per heavy atom. The molecule has 1 aliphatic rings. The highest BCUT2D eigenvalue weighted by Gasteiger charge is 2.41. The second kappa shape index (κ2) is 4.98. The Kier molecular flexibility index (Phi) is 3.57. The quantitative estimate of drug-likeness (QED) is 0.876. The zero-order valence-corrected chi connectivity index (χ0v) is 10.8. The van der Waals surface area contributed by atoms with Crippen molar-refractivity contribution in [3.8, 4) is 5.75 Å². The van der Waals surface area contributed by atoms with Crippen LogP contribution in [0.2, 0.25) is 0 Å². The van der Waals surface area contributed by atoms with Crippen LogP contribution in [0.5, 0.6) is 5.75 Å². The predicted molar refractivity (Wildman–Crippen MR) is 68.5 cm³/mol. The van der Waals surface area contributed by atoms with Crippen LogP contribution in [0.15, 0.2) is 24.3 Å². The first-order valence-electron chi connectivity index (χ1n) is 6.22. The number of β-amino-alcohol motifs (C(OH)–C–C–N with tert-alkyl or cyclic N) is 1. The lowest BCUT2D eigenvalue weighted by atomic mass is 9.91. The van der Waals surface area contributed by atoms with Crippen LogP contribution in [0.3, 0.4) is 0 Å². The standard InChI is InChI=1S/C14H19NO3/c1-3-14(17)9-15(10-14)13(16)8-18-12-6-4-11(2)5-7-12/h4-7,17H,3,8-10H2,1-2H3. The largest absolute Gasteiger partial charge is 0.484 e. The van der Waals surface area contributed by atoms with Crippen LogP contribution in [0.25, 0.3) is 0 Å². The van der Waals surface area contributed by atoms with Gasteiger partial charge in [0.2, 0.25) is 0 Å². The molecule has 0 bridgehead atoms. The molecule has 0 spiro atoms. The zero-order valence-electron chi connectivity index (χ0n) is 10.8. The number of hydrogen-bond acceptors (Lipinski definition) is 3. The molecule has 1 fully saturated rings. The van der Waals surface area contributed by atoms with Crippen LogP contribution in [0, 0.1) is 6.92 Å². The number of hydrogen-bond donors (Lipinski definition) is 1. The molecule has 2 rings (SSSR count). The Hall–Kier alpha value is -1.55. The topological polar surface area (TPSA) is 49.8 Å². The van der Waals surface area contributed by atoms with Gasteiger partial charge in [0.15, 0.2) is 6.61 Å². The maximum Gasteiger partial charge on any atom is 0.260 e. The number of likely N-dealkylation sites (tertiary alicyclic amines) is 1. The molecule has 18 heavy (non-hydrogen) atoms. The molecule has 1 aromatic rings. The third-order valence-corrected chi connectivity index (χ3v) is 3.36. The molecular formula is C14H19NO3. The molecule has 4 nitrogen and oxygen atoms in total. The van der Waals surface area contributed by atoms with Gasteiger partial charge >= 0.3 is 0 Å². The van der Waals surface area contributed by atoms with Gasteiger partial charge < -0.3 is 14.7 Å². The maximum atomic E-state index is 11.8. The molecule has 1 aliphatic heterocycles. The van der Waals surface area contributed by atoms with E-state index < -0.39 is 5.60 Å². The van der Waals surface area contributed by atoms with Crippen LogP contribution < -0.4 is 4.74 Å². The molecule has 0 aromatic heterocycles. The number of nitrogens with zero attached hydrogens (tertiary/aromatic N) is 1. The Morgan fingerprint density at radius 1 is 1.39 bits per heavy atom. The van der Waals surface area contributed by atoms with Crippen molar-refractivity contribution >= 4 is 5.91 Å². The molecule has 0 unspecified atom stereocenters. The van der Waals surface area contributed by atoms with E-state index in [2.05, 4.69) is 0 Å². The number of rotatable bonds is 4. The smallest absolute Gasteiger partial charge is 0.260 e. The molecule has 1 saturated heterocycles. The van der Waals surface area contributed by atoms with E-state index in [4.69, 9.17) is 4.74 Å². The summed E-state index contributed by atoms with van der Waals surface area (Å²) in [5.41, 5.74) is 0.476. The van der Waals surface area contributed by atoms with Crippen molar-refractivity contribution in [2.45, 2.75) is 25.9 Å². The fourth-order valence-electron chi connectivity index (χ4n) is 1.94. The normalized spacial score (nSPS) is 17.2. The van der Waals surface area contributed by atoms with E-state index in [1.54, 1.807) is 4.90 Å². The summed E-state index contributed by atoms with van der Waals surface area (Å²) in [6.07, 6.45) is 0.676. The van der Waals surface area contributed by atoms with Gasteiger partial charge in [-0.1, -0.05) is 24.6 Å². The number of carbonyl (C=O) groups is 1. The van der Waals surface area contributed by atoms with Crippen LogP contribution in [0.1, 0.15) is 18.9 Å². The van der Waals surface area contributed by atoms with E-state index in [0.717, 1.165) is 5.56 Å². The van der Waals surface area contributed by atoms with Gasteiger partial charge in [-0.15, -0.1) is 0 Å². The van der Waals surface area contributed by atoms with Crippen LogP contribution >= 0.6 is 0 Å². The fourth-order valence-corrected chi connectivity index (χ4v) is 1.94. The lowest BCUT2D eigenvalue weighted by Crippen LogP contribution is -2.63. The molecular weight excluding hydrogens is 230 g/mol. The van der Waals surface area contributed by atoms with Crippen molar-refractivity contribution in [1.82, 2.24) is 4.90 Å². The van der Waals surface area contributed by atoms with E-state index in [-0.39, 0.29) is 12.5 Å². The van der Waals surface area contributed by atoms with Crippen molar-refractivity contribution in [1.29, 1.82) is 0 Å². The summed E-state index contributed by atoms with van der Waals surface area (Å²) in [4.78, 5) is 13.4. The lowest BCUT2D eigenvalue weighted by molar-refractivity contribution is -0.157. The summed E-state index contributed by atoms with van der Waals surface area (Å²) >= 11 is 0. The van der Waals surface area contributed by atoms with Crippen molar-refractivity contribution in [2.75, 3.05) is 19.7 Å². The molecule has 98 valence electrons. The van der Waals surface area contributed by atoms with Crippen LogP contribution in [-0.2, 0) is 4.79 Å². The molecule has 0 saturated carbocycles. The highest BCUT2D eigenvalue weighted by Crippen LogP contribution is 2.24. The Bertz CT molecular complexity index is 421. The van der Waals surface area contributed by atoms with Gasteiger partial charge in [-0.05, 0) is 25.5 Å². The number of carbonyl (C=O) groups excluding carboxylic acids is 1. The van der Waals surface area contributed by atoms with E-state index in [0.29, 0.717) is 25.3 Å². The highest BCUT2D eigenvalue weighted by atomic mass is 16.5. The van der Waals surface area contributed by atoms with Gasteiger partial charge in [0.1, 0.15) is 5.75 Å². The molecule has 0 aliphatic carbocycles. The minimum atomic E-state index is -0.681. The average Bonchev–Trinajstić information content (AvgIpc) is 2.34. The van der Waals surface area contributed by atoms with E-state index in [1.807, 2.05) is 38.1 Å². The molecule has 4 heteroatoms. The van der Waals surface area contributed by atoms with Gasteiger partial charge in [0, 0.05) is 0 Å². The first-order chi connectivity index (χ1) is 8.52. The van der Waals surface area contributed by atoms with Gasteiger partial charge in [-0.3, -0.25) is 4.79 Å². The fraction of sp³-hybridized carbons (Fsp3) is 0.500. The van der Waals surface area contributed by atoms with E-state index >= 15 is 0 Å². The second-order valence-electron chi connectivity index (χ2n) is 4.93. The number of aryl methyl sites for hydroxylation is 1. The summed E-state index contributed by atoms with van der Waals surface area (Å²) in [5, 5.41) is 9.82. The Morgan fingerprint density at radius 2 is 2.00 bits per heavy atom. The summed E-state index contributed by atoms with van der Waals surface area (Å²) in [7, 11) is 0. The molecule has 1 aromatic carbocycles. The molecule has 0 atom stereocenters. The summed E-state index contributed by atoms with van der Waals surface area (Å²) in [6.45, 7) is 4.78. The third kappa shape index (κ3) is 2.82. The number of benzene rings is 1. The number of aliphatic hydroxyl groups is 1. The molecule has 1 N–H and O–H groups in total. The third-order valence-electron chi connectivity index (χ3n) is 3.36. The van der Waals surface area contributed by atoms with Gasteiger partial charge in [-0.2, -0.15) is 0 Å². The van der Waals surface area contributed by atoms with Crippen LogP contribution in [0.4, 0.5) is 0 Å². The van der Waals surface area contributed by atoms with Gasteiger partial charge in [0.25, 0.3) is 5.91 Å². The SMILES string of the molecule is CCC1(O)CN(C(=O)COc2ccc(C)cc2)C1. The Labute approximate surface area is 107 Å². The number of ether oxygens (including phenoxy) is 1. The summed E-state index contributed by atoms with van der Waals surface area (Å²) in [5.74, 6) is 0.619. The number of amides is 1. The second-order valence-corrected chi connectivity index (χ2v) is 4.93.